The summed E-state index contributed by atoms with van der Waals surface area (Å²) in [4.78, 5) is 13.0. The van der Waals surface area contributed by atoms with Crippen LogP contribution < -0.4 is 10.1 Å². The first-order valence-corrected chi connectivity index (χ1v) is 10.4. The van der Waals surface area contributed by atoms with Crippen molar-refractivity contribution in [3.05, 3.63) is 88.1 Å². The van der Waals surface area contributed by atoms with E-state index in [1.165, 1.54) is 5.56 Å². The minimum absolute atomic E-state index is 0.220. The average Bonchev–Trinajstić information content (AvgIpc) is 3.25. The molecule has 0 aliphatic heterocycles. The molecule has 32 heavy (non-hydrogen) atoms. The lowest BCUT2D eigenvalue weighted by molar-refractivity contribution is 0.102. The number of carbonyl (C=O) groups excluding carboxylic acids is 1. The van der Waals surface area contributed by atoms with Crippen LogP contribution in [0.4, 0.5) is 5.69 Å². The number of ether oxygens (including phenoxy) is 1. The molecule has 7 heteroatoms. The molecule has 0 bridgehead atoms. The highest BCUT2D eigenvalue weighted by molar-refractivity contribution is 6.05. The number of amides is 1. The Kier molecular flexibility index (Phi) is 5.81. The van der Waals surface area contributed by atoms with Gasteiger partial charge in [0.05, 0.1) is 34.0 Å². The standard InChI is InChI=1S/C25H26N4O3/c1-15-9-11-21(12-10-15)29-18(4)24(17(3)27-29)26-25(30)20-7-6-8-22(13-20)31-14-23-16(2)28-32-19(23)5/h6-13H,14H2,1-5H3,(H,26,30). The van der Waals surface area contributed by atoms with Crippen molar-refractivity contribution in [1.82, 2.24) is 14.9 Å². The number of carbonyl (C=O) groups is 1. The normalized spacial score (nSPS) is 10.9. The number of hydrogen-bond acceptors (Lipinski definition) is 5. The molecule has 0 fully saturated rings. The van der Waals surface area contributed by atoms with E-state index in [-0.39, 0.29) is 5.91 Å². The zero-order valence-electron chi connectivity index (χ0n) is 18.9. The molecule has 0 radical (unpaired) electrons. The molecule has 164 valence electrons. The number of benzene rings is 2. The van der Waals surface area contributed by atoms with Crippen molar-refractivity contribution in [2.24, 2.45) is 0 Å². The summed E-state index contributed by atoms with van der Waals surface area (Å²) in [6, 6.07) is 15.2. The molecule has 0 saturated heterocycles. The average molecular weight is 431 g/mol. The molecule has 1 N–H and O–H groups in total. The smallest absolute Gasteiger partial charge is 0.255 e. The maximum absolute atomic E-state index is 13.0. The van der Waals surface area contributed by atoms with Gasteiger partial charge in [-0.1, -0.05) is 28.9 Å². The van der Waals surface area contributed by atoms with Crippen LogP contribution in [0, 0.1) is 34.6 Å². The van der Waals surface area contributed by atoms with Crippen molar-refractivity contribution >= 4 is 11.6 Å². The monoisotopic (exact) mass is 430 g/mol. The Bertz CT molecular complexity index is 1250. The Morgan fingerprint density at radius 1 is 1.03 bits per heavy atom. The van der Waals surface area contributed by atoms with Gasteiger partial charge >= 0.3 is 0 Å². The Labute approximate surface area is 187 Å². The van der Waals surface area contributed by atoms with Gasteiger partial charge in [-0.25, -0.2) is 4.68 Å². The van der Waals surface area contributed by atoms with E-state index in [0.29, 0.717) is 23.6 Å². The molecule has 0 atom stereocenters. The summed E-state index contributed by atoms with van der Waals surface area (Å²) in [5.41, 5.74) is 6.67. The van der Waals surface area contributed by atoms with Crippen molar-refractivity contribution in [3.63, 3.8) is 0 Å². The van der Waals surface area contributed by atoms with Gasteiger partial charge in [0, 0.05) is 5.56 Å². The molecule has 7 nitrogen and oxygen atoms in total. The van der Waals surface area contributed by atoms with Crippen LogP contribution in [0.3, 0.4) is 0 Å². The number of nitrogens with zero attached hydrogens (tertiary/aromatic N) is 3. The molecule has 2 heterocycles. The van der Waals surface area contributed by atoms with E-state index in [2.05, 4.69) is 15.6 Å². The van der Waals surface area contributed by atoms with E-state index >= 15 is 0 Å². The predicted octanol–water partition coefficient (Wildman–Crippen LogP) is 5.23. The molecular weight excluding hydrogens is 404 g/mol. The summed E-state index contributed by atoms with van der Waals surface area (Å²) in [5, 5.41) is 11.6. The molecule has 4 aromatic rings. The Morgan fingerprint density at radius 2 is 1.78 bits per heavy atom. The first kappa shape index (κ1) is 21.4. The quantitative estimate of drug-likeness (QED) is 0.453. The lowest BCUT2D eigenvalue weighted by Gasteiger charge is -2.10. The summed E-state index contributed by atoms with van der Waals surface area (Å²) in [7, 11) is 0. The fourth-order valence-electron chi connectivity index (χ4n) is 3.54. The van der Waals surface area contributed by atoms with Gasteiger partial charge < -0.3 is 14.6 Å². The largest absolute Gasteiger partial charge is 0.489 e. The maximum atomic E-state index is 13.0. The molecule has 0 saturated carbocycles. The van der Waals surface area contributed by atoms with Crippen molar-refractivity contribution in [1.29, 1.82) is 0 Å². The first-order chi connectivity index (χ1) is 15.3. The van der Waals surface area contributed by atoms with E-state index in [1.54, 1.807) is 18.2 Å². The fourth-order valence-corrected chi connectivity index (χ4v) is 3.54. The third kappa shape index (κ3) is 4.27. The van der Waals surface area contributed by atoms with E-state index in [9.17, 15) is 4.79 Å². The third-order valence-electron chi connectivity index (χ3n) is 5.47. The van der Waals surface area contributed by atoms with Crippen LogP contribution in [-0.2, 0) is 6.61 Å². The fraction of sp³-hybridized carbons (Fsp3) is 0.240. The number of hydrogen-bond donors (Lipinski definition) is 1. The molecule has 0 aliphatic carbocycles. The topological polar surface area (TPSA) is 82.2 Å². The van der Waals surface area contributed by atoms with Crippen LogP contribution in [0.2, 0.25) is 0 Å². The molecule has 2 aromatic heterocycles. The maximum Gasteiger partial charge on any atom is 0.255 e. The van der Waals surface area contributed by atoms with Gasteiger partial charge in [-0.2, -0.15) is 5.10 Å². The molecule has 2 aromatic carbocycles. The van der Waals surface area contributed by atoms with Crippen molar-refractivity contribution in [2.45, 2.75) is 41.2 Å². The second kappa shape index (κ2) is 8.70. The van der Waals surface area contributed by atoms with Crippen LogP contribution in [0.25, 0.3) is 5.69 Å². The third-order valence-corrected chi connectivity index (χ3v) is 5.47. The molecule has 1 amide bonds. The van der Waals surface area contributed by atoms with Crippen molar-refractivity contribution in [3.8, 4) is 11.4 Å². The van der Waals surface area contributed by atoms with E-state index in [0.717, 1.165) is 34.1 Å². The molecule has 0 spiro atoms. The van der Waals surface area contributed by atoms with Crippen LogP contribution in [0.5, 0.6) is 5.75 Å². The molecular formula is C25H26N4O3. The lowest BCUT2D eigenvalue weighted by Crippen LogP contribution is -2.13. The Morgan fingerprint density at radius 3 is 2.47 bits per heavy atom. The van der Waals surface area contributed by atoms with Crippen molar-refractivity contribution in [2.75, 3.05) is 5.32 Å². The summed E-state index contributed by atoms with van der Waals surface area (Å²) in [5.74, 6) is 1.11. The SMILES string of the molecule is Cc1ccc(-n2nc(C)c(NC(=O)c3cccc(OCc4c(C)noc4C)c3)c2C)cc1. The summed E-state index contributed by atoms with van der Waals surface area (Å²) >= 11 is 0. The second-order valence-corrected chi connectivity index (χ2v) is 7.87. The van der Waals surface area contributed by atoms with Gasteiger partial charge in [-0.05, 0) is 65.0 Å². The van der Waals surface area contributed by atoms with E-state index in [1.807, 2.05) is 69.6 Å². The zero-order valence-corrected chi connectivity index (χ0v) is 18.9. The van der Waals surface area contributed by atoms with E-state index in [4.69, 9.17) is 9.26 Å². The van der Waals surface area contributed by atoms with Gasteiger partial charge in [-0.15, -0.1) is 0 Å². The van der Waals surface area contributed by atoms with Gasteiger partial charge in [0.25, 0.3) is 5.91 Å². The van der Waals surface area contributed by atoms with Gasteiger partial charge in [-0.3, -0.25) is 4.79 Å². The van der Waals surface area contributed by atoms with Gasteiger partial charge in [0.2, 0.25) is 0 Å². The number of aryl methyl sites for hydroxylation is 4. The first-order valence-electron chi connectivity index (χ1n) is 10.4. The number of nitrogens with one attached hydrogen (secondary N) is 1. The summed E-state index contributed by atoms with van der Waals surface area (Å²) in [6.07, 6.45) is 0. The Balaban J connectivity index is 1.51. The molecule has 4 rings (SSSR count). The van der Waals surface area contributed by atoms with E-state index < -0.39 is 0 Å². The van der Waals surface area contributed by atoms with Gasteiger partial charge in [0.15, 0.2) is 0 Å². The lowest BCUT2D eigenvalue weighted by atomic mass is 10.2. The summed E-state index contributed by atoms with van der Waals surface area (Å²) < 4.78 is 12.9. The Hall–Kier alpha value is -3.87. The molecule has 0 unspecified atom stereocenters. The van der Waals surface area contributed by atoms with Crippen LogP contribution >= 0.6 is 0 Å². The number of rotatable bonds is 6. The van der Waals surface area contributed by atoms with Crippen LogP contribution in [0.1, 0.15) is 44.3 Å². The van der Waals surface area contributed by atoms with Crippen molar-refractivity contribution < 1.29 is 14.1 Å². The van der Waals surface area contributed by atoms with Gasteiger partial charge in [0.1, 0.15) is 18.1 Å². The zero-order chi connectivity index (χ0) is 22.8. The predicted molar refractivity (Wildman–Crippen MR) is 122 cm³/mol. The minimum Gasteiger partial charge on any atom is -0.489 e. The minimum atomic E-state index is -0.220. The highest BCUT2D eigenvalue weighted by atomic mass is 16.5. The number of anilines is 1. The number of aromatic nitrogens is 3. The highest BCUT2D eigenvalue weighted by Gasteiger charge is 2.17. The highest BCUT2D eigenvalue weighted by Crippen LogP contribution is 2.25. The second-order valence-electron chi connectivity index (χ2n) is 7.87. The van der Waals surface area contributed by atoms with Crippen LogP contribution in [-0.4, -0.2) is 20.8 Å². The van der Waals surface area contributed by atoms with Crippen LogP contribution in [0.15, 0.2) is 53.1 Å². The molecule has 0 aliphatic rings. The summed E-state index contributed by atoms with van der Waals surface area (Å²) in [6.45, 7) is 9.93.